The largest absolute Gasteiger partial charge is 0.506 e. The molecule has 5 heteroatoms. The first-order valence-corrected chi connectivity index (χ1v) is 4.80. The van der Waals surface area contributed by atoms with Gasteiger partial charge >= 0.3 is 0 Å². The molecular formula is C9H13BrClNO2. The Morgan fingerprint density at radius 3 is 2.64 bits per heavy atom. The van der Waals surface area contributed by atoms with Crippen molar-refractivity contribution in [3.8, 4) is 5.75 Å². The lowest BCUT2D eigenvalue weighted by Crippen LogP contribution is -2.12. The van der Waals surface area contributed by atoms with Crippen molar-refractivity contribution < 1.29 is 10.2 Å². The molecule has 0 aliphatic carbocycles. The molecule has 0 amide bonds. The molecule has 0 radical (unpaired) electrons. The highest BCUT2D eigenvalue weighted by Gasteiger charge is 2.11. The van der Waals surface area contributed by atoms with Gasteiger partial charge in [0.05, 0.1) is 4.47 Å². The maximum Gasteiger partial charge on any atom is 0.134 e. The number of phenolic OH excluding ortho intramolecular Hbond substituents is 1. The first-order valence-electron chi connectivity index (χ1n) is 4.00. The molecule has 1 aromatic carbocycles. The van der Waals surface area contributed by atoms with Crippen LogP contribution in [0.25, 0.3) is 0 Å². The van der Waals surface area contributed by atoms with Crippen LogP contribution in [0.1, 0.15) is 18.0 Å². The number of aromatic hydroxyl groups is 1. The van der Waals surface area contributed by atoms with E-state index in [4.69, 9.17) is 10.8 Å². The van der Waals surface area contributed by atoms with Gasteiger partial charge in [0.25, 0.3) is 0 Å². The third kappa shape index (κ3) is 3.13. The number of phenols is 1. The van der Waals surface area contributed by atoms with Crippen molar-refractivity contribution in [1.29, 1.82) is 0 Å². The third-order valence-electron chi connectivity index (χ3n) is 1.86. The molecule has 0 heterocycles. The van der Waals surface area contributed by atoms with E-state index in [1.54, 1.807) is 18.2 Å². The molecule has 0 unspecified atom stereocenters. The summed E-state index contributed by atoms with van der Waals surface area (Å²) in [6, 6.07) is 4.98. The SMILES string of the molecule is Cl.N[C@H](CCO)c1cccc(Br)c1O. The number of halogens is 2. The Hall–Kier alpha value is -0.290. The third-order valence-corrected chi connectivity index (χ3v) is 2.50. The highest BCUT2D eigenvalue weighted by molar-refractivity contribution is 9.10. The molecule has 0 fully saturated rings. The number of benzene rings is 1. The minimum Gasteiger partial charge on any atom is -0.506 e. The van der Waals surface area contributed by atoms with E-state index in [1.807, 2.05) is 0 Å². The molecule has 3 nitrogen and oxygen atoms in total. The number of hydrogen-bond donors (Lipinski definition) is 3. The second-order valence-corrected chi connectivity index (χ2v) is 3.65. The minimum absolute atomic E-state index is 0. The zero-order chi connectivity index (χ0) is 9.84. The van der Waals surface area contributed by atoms with Gasteiger partial charge < -0.3 is 15.9 Å². The van der Waals surface area contributed by atoms with Gasteiger partial charge in [-0.25, -0.2) is 0 Å². The summed E-state index contributed by atoms with van der Waals surface area (Å²) in [4.78, 5) is 0. The number of aliphatic hydroxyl groups excluding tert-OH is 1. The molecule has 4 N–H and O–H groups in total. The first kappa shape index (κ1) is 13.7. The van der Waals surface area contributed by atoms with Crippen LogP contribution in [-0.2, 0) is 0 Å². The van der Waals surface area contributed by atoms with E-state index in [0.29, 0.717) is 16.5 Å². The quantitative estimate of drug-likeness (QED) is 0.794. The lowest BCUT2D eigenvalue weighted by atomic mass is 10.0. The first-order chi connectivity index (χ1) is 6.16. The van der Waals surface area contributed by atoms with E-state index >= 15 is 0 Å². The number of para-hydroxylation sites is 1. The predicted octanol–water partition coefficient (Wildman–Crippen LogP) is 1.96. The van der Waals surface area contributed by atoms with Crippen molar-refractivity contribution in [3.63, 3.8) is 0 Å². The van der Waals surface area contributed by atoms with Gasteiger partial charge in [-0.2, -0.15) is 0 Å². The molecule has 0 spiro atoms. The Morgan fingerprint density at radius 1 is 1.43 bits per heavy atom. The maximum absolute atomic E-state index is 9.59. The summed E-state index contributed by atoms with van der Waals surface area (Å²) in [5.74, 6) is 0.156. The Morgan fingerprint density at radius 2 is 2.07 bits per heavy atom. The van der Waals surface area contributed by atoms with E-state index in [2.05, 4.69) is 15.9 Å². The Kier molecular flexibility index (Phi) is 6.11. The minimum atomic E-state index is -0.317. The number of rotatable bonds is 3. The molecule has 14 heavy (non-hydrogen) atoms. The number of nitrogens with two attached hydrogens (primary N) is 1. The summed E-state index contributed by atoms with van der Waals surface area (Å²) < 4.78 is 0.624. The van der Waals surface area contributed by atoms with Crippen molar-refractivity contribution in [3.05, 3.63) is 28.2 Å². The molecule has 1 atom stereocenters. The van der Waals surface area contributed by atoms with Crippen molar-refractivity contribution in [1.82, 2.24) is 0 Å². The summed E-state index contributed by atoms with van der Waals surface area (Å²) in [6.45, 7) is 0.0210. The highest BCUT2D eigenvalue weighted by Crippen LogP contribution is 2.31. The second-order valence-electron chi connectivity index (χ2n) is 2.80. The Balaban J connectivity index is 0.00000169. The van der Waals surface area contributed by atoms with E-state index in [-0.39, 0.29) is 30.8 Å². The van der Waals surface area contributed by atoms with Crippen LogP contribution in [-0.4, -0.2) is 16.8 Å². The standard InChI is InChI=1S/C9H12BrNO2.ClH/c10-7-3-1-2-6(9(7)13)8(11)4-5-12;/h1-3,8,12-13H,4-5,11H2;1H/t8-;/m1./s1. The van der Waals surface area contributed by atoms with E-state index < -0.39 is 0 Å². The van der Waals surface area contributed by atoms with Crippen LogP contribution < -0.4 is 5.73 Å². The molecule has 0 aliphatic rings. The summed E-state index contributed by atoms with van der Waals surface area (Å²) in [5, 5.41) is 18.3. The van der Waals surface area contributed by atoms with Crippen LogP contribution in [0.4, 0.5) is 0 Å². The maximum atomic E-state index is 9.59. The van der Waals surface area contributed by atoms with Crippen LogP contribution in [0.2, 0.25) is 0 Å². The van der Waals surface area contributed by atoms with Crippen molar-refractivity contribution in [2.24, 2.45) is 5.73 Å². The average molecular weight is 283 g/mol. The van der Waals surface area contributed by atoms with Gasteiger partial charge in [0.2, 0.25) is 0 Å². The molecule has 1 aromatic rings. The molecule has 0 bridgehead atoms. The topological polar surface area (TPSA) is 66.5 Å². The number of aliphatic hydroxyl groups is 1. The fourth-order valence-corrected chi connectivity index (χ4v) is 1.51. The molecule has 0 aromatic heterocycles. The molecule has 0 aliphatic heterocycles. The van der Waals surface area contributed by atoms with Crippen molar-refractivity contribution in [2.75, 3.05) is 6.61 Å². The van der Waals surface area contributed by atoms with Crippen LogP contribution in [0.15, 0.2) is 22.7 Å². The fraction of sp³-hybridized carbons (Fsp3) is 0.333. The Labute approximate surface area is 97.5 Å². The normalized spacial score (nSPS) is 11.9. The lowest BCUT2D eigenvalue weighted by molar-refractivity contribution is 0.275. The van der Waals surface area contributed by atoms with Gasteiger partial charge in [0.1, 0.15) is 5.75 Å². The fourth-order valence-electron chi connectivity index (χ4n) is 1.13. The molecule has 1 rings (SSSR count). The second kappa shape index (κ2) is 6.24. The van der Waals surface area contributed by atoms with Crippen LogP contribution in [0.3, 0.4) is 0 Å². The summed E-state index contributed by atoms with van der Waals surface area (Å²) in [5.41, 5.74) is 6.39. The summed E-state index contributed by atoms with van der Waals surface area (Å²) in [7, 11) is 0. The van der Waals surface area contributed by atoms with Gasteiger partial charge in [0.15, 0.2) is 0 Å². The smallest absolute Gasteiger partial charge is 0.134 e. The van der Waals surface area contributed by atoms with Crippen molar-refractivity contribution in [2.45, 2.75) is 12.5 Å². The van der Waals surface area contributed by atoms with Gasteiger partial charge in [-0.1, -0.05) is 12.1 Å². The van der Waals surface area contributed by atoms with Crippen LogP contribution in [0, 0.1) is 0 Å². The molecule has 80 valence electrons. The zero-order valence-corrected chi connectivity index (χ0v) is 9.88. The summed E-state index contributed by atoms with van der Waals surface area (Å²) in [6.07, 6.45) is 0.448. The monoisotopic (exact) mass is 281 g/mol. The van der Waals surface area contributed by atoms with Gasteiger partial charge in [0, 0.05) is 18.2 Å². The van der Waals surface area contributed by atoms with E-state index in [9.17, 15) is 5.11 Å². The van der Waals surface area contributed by atoms with Gasteiger partial charge in [-0.3, -0.25) is 0 Å². The average Bonchev–Trinajstić information content (AvgIpc) is 2.10. The van der Waals surface area contributed by atoms with Crippen LogP contribution in [0.5, 0.6) is 5.75 Å². The predicted molar refractivity (Wildman–Crippen MR) is 61.7 cm³/mol. The summed E-state index contributed by atoms with van der Waals surface area (Å²) >= 11 is 3.20. The Bertz CT molecular complexity index is 296. The zero-order valence-electron chi connectivity index (χ0n) is 7.48. The lowest BCUT2D eigenvalue weighted by Gasteiger charge is -2.12. The molecule has 0 saturated heterocycles. The van der Waals surface area contributed by atoms with Crippen LogP contribution >= 0.6 is 28.3 Å². The van der Waals surface area contributed by atoms with Crippen molar-refractivity contribution >= 4 is 28.3 Å². The molecule has 0 saturated carbocycles. The van der Waals surface area contributed by atoms with Gasteiger partial charge in [-0.05, 0) is 28.4 Å². The van der Waals surface area contributed by atoms with E-state index in [1.165, 1.54) is 0 Å². The number of hydrogen-bond acceptors (Lipinski definition) is 3. The van der Waals surface area contributed by atoms with Gasteiger partial charge in [-0.15, -0.1) is 12.4 Å². The van der Waals surface area contributed by atoms with E-state index in [0.717, 1.165) is 0 Å². The molecular weight excluding hydrogens is 269 g/mol. The highest BCUT2D eigenvalue weighted by atomic mass is 79.9.